The highest BCUT2D eigenvalue weighted by Crippen LogP contribution is 2.18. The lowest BCUT2D eigenvalue weighted by atomic mass is 10.0. The van der Waals surface area contributed by atoms with Crippen LogP contribution in [0.25, 0.3) is 11.1 Å². The molecule has 2 aromatic rings. The predicted molar refractivity (Wildman–Crippen MR) is 72.5 cm³/mol. The molecule has 2 rings (SSSR count). The highest BCUT2D eigenvalue weighted by atomic mass is 16.6. The maximum Gasteiger partial charge on any atom is 0.140 e. The van der Waals surface area contributed by atoms with Crippen LogP contribution in [0.1, 0.15) is 5.56 Å². The molecule has 3 heteroatoms. The molecule has 0 amide bonds. The molecule has 18 heavy (non-hydrogen) atoms. The van der Waals surface area contributed by atoms with E-state index in [0.717, 1.165) is 5.56 Å². The van der Waals surface area contributed by atoms with Crippen LogP contribution in [0.5, 0.6) is 0 Å². The molecule has 1 N–H and O–H groups in total. The zero-order valence-electron chi connectivity index (χ0n) is 9.99. The number of nitrogens with zero attached hydrogens (tertiary/aromatic N) is 1. The van der Waals surface area contributed by atoms with Crippen molar-refractivity contribution in [1.29, 1.82) is 0 Å². The maximum atomic E-state index is 8.53. The number of hydrogen-bond donors (Lipinski definition) is 1. The number of rotatable bonds is 5. The maximum absolute atomic E-state index is 8.53. The summed E-state index contributed by atoms with van der Waals surface area (Å²) in [6.45, 7) is 0.197. The van der Waals surface area contributed by atoms with Crippen LogP contribution in [0, 0.1) is 0 Å². The minimum absolute atomic E-state index is 0.0235. The van der Waals surface area contributed by atoms with Crippen LogP contribution in [0.3, 0.4) is 0 Å². The third kappa shape index (κ3) is 3.43. The fourth-order valence-corrected chi connectivity index (χ4v) is 1.58. The van der Waals surface area contributed by atoms with Gasteiger partial charge in [-0.15, -0.1) is 0 Å². The van der Waals surface area contributed by atoms with Gasteiger partial charge >= 0.3 is 0 Å². The first-order chi connectivity index (χ1) is 8.90. The van der Waals surface area contributed by atoms with Crippen molar-refractivity contribution in [3.63, 3.8) is 0 Å². The number of benzene rings is 2. The van der Waals surface area contributed by atoms with Crippen molar-refractivity contribution in [1.82, 2.24) is 0 Å². The Hall–Kier alpha value is -2.13. The third-order valence-electron chi connectivity index (χ3n) is 2.48. The van der Waals surface area contributed by atoms with Crippen molar-refractivity contribution < 1.29 is 9.94 Å². The summed E-state index contributed by atoms with van der Waals surface area (Å²) < 4.78 is 0. The summed E-state index contributed by atoms with van der Waals surface area (Å²) in [5.74, 6) is 0. The van der Waals surface area contributed by atoms with Crippen molar-refractivity contribution in [2.45, 2.75) is 0 Å². The first kappa shape index (κ1) is 12.3. The van der Waals surface area contributed by atoms with E-state index in [9.17, 15) is 0 Å². The van der Waals surface area contributed by atoms with Gasteiger partial charge in [0.2, 0.25) is 0 Å². The lowest BCUT2D eigenvalue weighted by Crippen LogP contribution is -1.93. The summed E-state index contributed by atoms with van der Waals surface area (Å²) in [7, 11) is 0. The summed E-state index contributed by atoms with van der Waals surface area (Å²) >= 11 is 0. The molecular formula is C15H15NO2. The van der Waals surface area contributed by atoms with Gasteiger partial charge in [-0.25, -0.2) is 0 Å². The average molecular weight is 241 g/mol. The summed E-state index contributed by atoms with van der Waals surface area (Å²) in [6, 6.07) is 18.2. The molecule has 0 radical (unpaired) electrons. The molecule has 0 saturated heterocycles. The van der Waals surface area contributed by atoms with Gasteiger partial charge in [-0.3, -0.25) is 0 Å². The van der Waals surface area contributed by atoms with Crippen LogP contribution in [0.2, 0.25) is 0 Å². The second-order valence-corrected chi connectivity index (χ2v) is 3.78. The lowest BCUT2D eigenvalue weighted by Gasteiger charge is -2.01. The minimum atomic E-state index is -0.0235. The molecule has 92 valence electrons. The Bertz CT molecular complexity index is 492. The smallest absolute Gasteiger partial charge is 0.140 e. The van der Waals surface area contributed by atoms with Gasteiger partial charge in [-0.05, 0) is 16.7 Å². The van der Waals surface area contributed by atoms with Gasteiger partial charge in [0.25, 0.3) is 0 Å². The second-order valence-electron chi connectivity index (χ2n) is 3.78. The van der Waals surface area contributed by atoms with Gasteiger partial charge in [0.05, 0.1) is 12.8 Å². The summed E-state index contributed by atoms with van der Waals surface area (Å²) in [5.41, 5.74) is 3.33. The van der Waals surface area contributed by atoms with E-state index in [2.05, 4.69) is 17.3 Å². The van der Waals surface area contributed by atoms with Gasteiger partial charge in [0, 0.05) is 0 Å². The predicted octanol–water partition coefficient (Wildman–Crippen LogP) is 2.70. The van der Waals surface area contributed by atoms with Gasteiger partial charge in [0.1, 0.15) is 6.61 Å². The van der Waals surface area contributed by atoms with E-state index in [1.165, 1.54) is 11.1 Å². The van der Waals surface area contributed by atoms with E-state index in [0.29, 0.717) is 0 Å². The quantitative estimate of drug-likeness (QED) is 0.497. The highest BCUT2D eigenvalue weighted by Gasteiger charge is 1.95. The Morgan fingerprint density at radius 1 is 0.944 bits per heavy atom. The summed E-state index contributed by atoms with van der Waals surface area (Å²) in [6.07, 6.45) is 1.63. The Morgan fingerprint density at radius 2 is 1.61 bits per heavy atom. The molecule has 0 aliphatic rings. The number of aliphatic hydroxyl groups excluding tert-OH is 1. The van der Waals surface area contributed by atoms with E-state index >= 15 is 0 Å². The summed E-state index contributed by atoms with van der Waals surface area (Å²) in [4.78, 5) is 4.82. The number of hydrogen-bond acceptors (Lipinski definition) is 3. The second kappa shape index (κ2) is 6.57. The SMILES string of the molecule is OCCO/N=C/c1ccc(-c2ccccc2)cc1. The molecule has 2 aromatic carbocycles. The Kier molecular flexibility index (Phi) is 4.50. The molecule has 0 unspecified atom stereocenters. The van der Waals surface area contributed by atoms with Crippen molar-refractivity contribution >= 4 is 6.21 Å². The molecule has 0 saturated carbocycles. The van der Waals surface area contributed by atoms with Crippen molar-refractivity contribution in [3.05, 3.63) is 60.2 Å². The highest BCUT2D eigenvalue weighted by molar-refractivity contribution is 5.80. The molecular weight excluding hydrogens is 226 g/mol. The van der Waals surface area contributed by atoms with Crippen LogP contribution in [0.15, 0.2) is 59.8 Å². The minimum Gasteiger partial charge on any atom is -0.393 e. The molecule has 0 bridgehead atoms. The fraction of sp³-hybridized carbons (Fsp3) is 0.133. The number of oxime groups is 1. The molecule has 0 fully saturated rings. The zero-order chi connectivity index (χ0) is 12.6. The van der Waals surface area contributed by atoms with E-state index in [1.807, 2.05) is 42.5 Å². The largest absolute Gasteiger partial charge is 0.393 e. The monoisotopic (exact) mass is 241 g/mol. The van der Waals surface area contributed by atoms with Gasteiger partial charge < -0.3 is 9.94 Å². The van der Waals surface area contributed by atoms with Crippen LogP contribution < -0.4 is 0 Å². The average Bonchev–Trinajstić information content (AvgIpc) is 2.45. The van der Waals surface area contributed by atoms with E-state index < -0.39 is 0 Å². The van der Waals surface area contributed by atoms with Gasteiger partial charge in [-0.1, -0.05) is 59.8 Å². The van der Waals surface area contributed by atoms with Crippen LogP contribution in [-0.4, -0.2) is 24.5 Å². The number of aliphatic hydroxyl groups is 1. The van der Waals surface area contributed by atoms with E-state index in [4.69, 9.17) is 9.94 Å². The van der Waals surface area contributed by atoms with Gasteiger partial charge in [0.15, 0.2) is 0 Å². The Balaban J connectivity index is 2.04. The molecule has 0 aromatic heterocycles. The molecule has 0 aliphatic heterocycles. The topological polar surface area (TPSA) is 41.8 Å². The van der Waals surface area contributed by atoms with Crippen LogP contribution in [0.4, 0.5) is 0 Å². The standard InChI is InChI=1S/C15H15NO2/c17-10-11-18-16-12-13-6-8-15(9-7-13)14-4-2-1-3-5-14/h1-9,12,17H,10-11H2/b16-12+. The Morgan fingerprint density at radius 3 is 2.28 bits per heavy atom. The van der Waals surface area contributed by atoms with Gasteiger partial charge in [-0.2, -0.15) is 0 Å². The summed E-state index contributed by atoms with van der Waals surface area (Å²) in [5, 5.41) is 12.3. The first-order valence-corrected chi connectivity index (χ1v) is 5.82. The van der Waals surface area contributed by atoms with Crippen LogP contribution >= 0.6 is 0 Å². The van der Waals surface area contributed by atoms with Crippen molar-refractivity contribution in [2.75, 3.05) is 13.2 Å². The Labute approximate surface area is 106 Å². The normalized spacial score (nSPS) is 10.7. The molecule has 0 heterocycles. The van der Waals surface area contributed by atoms with E-state index in [-0.39, 0.29) is 13.2 Å². The molecule has 0 spiro atoms. The first-order valence-electron chi connectivity index (χ1n) is 5.82. The third-order valence-corrected chi connectivity index (χ3v) is 2.48. The molecule has 0 atom stereocenters. The molecule has 0 aliphatic carbocycles. The fourth-order valence-electron chi connectivity index (χ4n) is 1.58. The van der Waals surface area contributed by atoms with Crippen molar-refractivity contribution in [3.8, 4) is 11.1 Å². The molecule has 3 nitrogen and oxygen atoms in total. The van der Waals surface area contributed by atoms with Crippen LogP contribution in [-0.2, 0) is 4.84 Å². The van der Waals surface area contributed by atoms with E-state index in [1.54, 1.807) is 6.21 Å². The zero-order valence-corrected chi connectivity index (χ0v) is 9.99. The lowest BCUT2D eigenvalue weighted by molar-refractivity contribution is 0.0997. The van der Waals surface area contributed by atoms with Crippen molar-refractivity contribution in [2.24, 2.45) is 5.16 Å².